The summed E-state index contributed by atoms with van der Waals surface area (Å²) in [5, 5.41) is 0. The summed E-state index contributed by atoms with van der Waals surface area (Å²) < 4.78 is 16.2. The summed E-state index contributed by atoms with van der Waals surface area (Å²) in [6.07, 6.45) is 0.905. The van der Waals surface area contributed by atoms with Crippen LogP contribution in [0.3, 0.4) is 0 Å². The van der Waals surface area contributed by atoms with Crippen LogP contribution in [0.2, 0.25) is 0 Å². The van der Waals surface area contributed by atoms with Crippen LogP contribution in [0.4, 0.5) is 5.69 Å². The Hall–Kier alpha value is -2.53. The number of rotatable bonds is 5. The molecule has 0 bridgehead atoms. The number of methoxy groups -OCH3 is 2. The lowest BCUT2D eigenvalue weighted by atomic mass is 10.0. The fourth-order valence-corrected chi connectivity index (χ4v) is 3.09. The molecule has 5 nitrogen and oxygen atoms in total. The standard InChI is InChI=1S/C20H23NO4/c1-4-9-21-17-7-5-14(10-16(17)12-25-13-20(21)22)15-6-8-18(23-2)19(11-15)24-3/h5-8,10-11H,4,9,12-13H2,1-3H3. The van der Waals surface area contributed by atoms with Crippen LogP contribution in [0.15, 0.2) is 36.4 Å². The molecule has 5 heteroatoms. The number of hydrogen-bond acceptors (Lipinski definition) is 4. The topological polar surface area (TPSA) is 48.0 Å². The lowest BCUT2D eigenvalue weighted by Crippen LogP contribution is -2.33. The normalized spacial score (nSPS) is 14.0. The van der Waals surface area contributed by atoms with Crippen molar-refractivity contribution in [3.63, 3.8) is 0 Å². The van der Waals surface area contributed by atoms with Crippen molar-refractivity contribution < 1.29 is 19.0 Å². The van der Waals surface area contributed by atoms with Crippen molar-refractivity contribution in [2.75, 3.05) is 32.3 Å². The van der Waals surface area contributed by atoms with Crippen LogP contribution in [0.5, 0.6) is 11.5 Å². The van der Waals surface area contributed by atoms with Gasteiger partial charge in [0.25, 0.3) is 5.91 Å². The number of amides is 1. The fourth-order valence-electron chi connectivity index (χ4n) is 3.09. The molecule has 0 spiro atoms. The monoisotopic (exact) mass is 341 g/mol. The Morgan fingerprint density at radius 2 is 1.72 bits per heavy atom. The van der Waals surface area contributed by atoms with Gasteiger partial charge in [0.15, 0.2) is 11.5 Å². The van der Waals surface area contributed by atoms with Crippen molar-refractivity contribution in [1.82, 2.24) is 0 Å². The van der Waals surface area contributed by atoms with E-state index in [9.17, 15) is 4.79 Å². The number of carbonyl (C=O) groups is 1. The van der Waals surface area contributed by atoms with Gasteiger partial charge < -0.3 is 19.1 Å². The summed E-state index contributed by atoms with van der Waals surface area (Å²) in [6, 6.07) is 12.0. The summed E-state index contributed by atoms with van der Waals surface area (Å²) in [4.78, 5) is 14.1. The molecule has 0 N–H and O–H groups in total. The van der Waals surface area contributed by atoms with Crippen molar-refractivity contribution in [1.29, 1.82) is 0 Å². The van der Waals surface area contributed by atoms with Gasteiger partial charge in [0.2, 0.25) is 0 Å². The van der Waals surface area contributed by atoms with Gasteiger partial charge in [-0.2, -0.15) is 0 Å². The molecule has 0 fully saturated rings. The molecule has 0 aliphatic carbocycles. The molecule has 2 aromatic rings. The molecule has 0 atom stereocenters. The van der Waals surface area contributed by atoms with E-state index in [1.807, 2.05) is 35.2 Å². The molecular weight excluding hydrogens is 318 g/mol. The zero-order valence-electron chi connectivity index (χ0n) is 14.9. The Bertz CT molecular complexity index is 772. The van der Waals surface area contributed by atoms with E-state index in [0.29, 0.717) is 24.7 Å². The number of ether oxygens (including phenoxy) is 3. The van der Waals surface area contributed by atoms with Gasteiger partial charge in [0, 0.05) is 17.8 Å². The van der Waals surface area contributed by atoms with Crippen molar-refractivity contribution in [2.24, 2.45) is 0 Å². The summed E-state index contributed by atoms with van der Waals surface area (Å²) >= 11 is 0. The lowest BCUT2D eigenvalue weighted by Gasteiger charge is -2.22. The number of hydrogen-bond donors (Lipinski definition) is 0. The van der Waals surface area contributed by atoms with Crippen LogP contribution < -0.4 is 14.4 Å². The second-order valence-electron chi connectivity index (χ2n) is 5.95. The average molecular weight is 341 g/mol. The van der Waals surface area contributed by atoms with E-state index in [0.717, 1.165) is 28.8 Å². The maximum absolute atomic E-state index is 12.2. The van der Waals surface area contributed by atoms with Gasteiger partial charge in [-0.15, -0.1) is 0 Å². The molecule has 1 amide bonds. The Kier molecular flexibility index (Phi) is 5.24. The lowest BCUT2D eigenvalue weighted by molar-refractivity contribution is -0.123. The third-order valence-corrected chi connectivity index (χ3v) is 4.32. The number of anilines is 1. The molecule has 1 aliphatic rings. The van der Waals surface area contributed by atoms with Crippen molar-refractivity contribution in [3.8, 4) is 22.6 Å². The third-order valence-electron chi connectivity index (χ3n) is 4.32. The number of fused-ring (bicyclic) bond motifs is 1. The minimum atomic E-state index is 0.0134. The van der Waals surface area contributed by atoms with Gasteiger partial charge in [0.1, 0.15) is 6.61 Å². The Labute approximate surface area is 148 Å². The van der Waals surface area contributed by atoms with Crippen molar-refractivity contribution >= 4 is 11.6 Å². The molecule has 25 heavy (non-hydrogen) atoms. The molecule has 0 radical (unpaired) electrons. The zero-order chi connectivity index (χ0) is 17.8. The Morgan fingerprint density at radius 1 is 1.00 bits per heavy atom. The second kappa shape index (κ2) is 7.57. The van der Waals surface area contributed by atoms with Crippen LogP contribution in [0.25, 0.3) is 11.1 Å². The first-order chi connectivity index (χ1) is 12.2. The summed E-state index contributed by atoms with van der Waals surface area (Å²) in [6.45, 7) is 3.32. The Morgan fingerprint density at radius 3 is 2.44 bits per heavy atom. The van der Waals surface area contributed by atoms with Crippen molar-refractivity contribution in [3.05, 3.63) is 42.0 Å². The van der Waals surface area contributed by atoms with E-state index in [-0.39, 0.29) is 12.5 Å². The first-order valence-corrected chi connectivity index (χ1v) is 8.41. The molecule has 0 saturated carbocycles. The van der Waals surface area contributed by atoms with E-state index in [4.69, 9.17) is 14.2 Å². The highest BCUT2D eigenvalue weighted by Crippen LogP contribution is 2.35. The fraction of sp³-hybridized carbons (Fsp3) is 0.350. The summed E-state index contributed by atoms with van der Waals surface area (Å²) in [7, 11) is 3.25. The molecule has 0 aromatic heterocycles. The highest BCUT2D eigenvalue weighted by molar-refractivity contribution is 5.96. The summed E-state index contributed by atoms with van der Waals surface area (Å²) in [5.74, 6) is 1.40. The van der Waals surface area contributed by atoms with E-state index in [1.165, 1.54) is 0 Å². The molecule has 3 rings (SSSR count). The molecular formula is C20H23NO4. The van der Waals surface area contributed by atoms with Gasteiger partial charge in [-0.05, 0) is 41.8 Å². The van der Waals surface area contributed by atoms with E-state index in [2.05, 4.69) is 13.0 Å². The minimum Gasteiger partial charge on any atom is -0.493 e. The molecule has 0 saturated heterocycles. The van der Waals surface area contributed by atoms with E-state index >= 15 is 0 Å². The first kappa shape index (κ1) is 17.3. The van der Waals surface area contributed by atoms with Crippen molar-refractivity contribution in [2.45, 2.75) is 20.0 Å². The predicted octanol–water partition coefficient (Wildman–Crippen LogP) is 3.64. The van der Waals surface area contributed by atoms with Gasteiger partial charge >= 0.3 is 0 Å². The molecule has 2 aromatic carbocycles. The van der Waals surface area contributed by atoms with E-state index < -0.39 is 0 Å². The van der Waals surface area contributed by atoms with Crippen LogP contribution in [-0.2, 0) is 16.1 Å². The number of carbonyl (C=O) groups excluding carboxylic acids is 1. The van der Waals surface area contributed by atoms with Gasteiger partial charge in [-0.1, -0.05) is 19.1 Å². The smallest absolute Gasteiger partial charge is 0.252 e. The third kappa shape index (κ3) is 3.46. The average Bonchev–Trinajstić information content (AvgIpc) is 2.80. The van der Waals surface area contributed by atoms with Gasteiger partial charge in [-0.25, -0.2) is 0 Å². The minimum absolute atomic E-state index is 0.0134. The maximum atomic E-state index is 12.2. The maximum Gasteiger partial charge on any atom is 0.252 e. The molecule has 132 valence electrons. The van der Waals surface area contributed by atoms with Crippen LogP contribution in [-0.4, -0.2) is 33.3 Å². The van der Waals surface area contributed by atoms with Crippen LogP contribution in [0.1, 0.15) is 18.9 Å². The highest BCUT2D eigenvalue weighted by atomic mass is 16.5. The SMILES string of the molecule is CCCN1C(=O)COCc2cc(-c3ccc(OC)c(OC)c3)ccc21. The van der Waals surface area contributed by atoms with Crippen LogP contribution in [0, 0.1) is 0 Å². The predicted molar refractivity (Wildman–Crippen MR) is 97.3 cm³/mol. The highest BCUT2D eigenvalue weighted by Gasteiger charge is 2.22. The first-order valence-electron chi connectivity index (χ1n) is 8.41. The molecule has 0 unspecified atom stereocenters. The Balaban J connectivity index is 2.01. The second-order valence-corrected chi connectivity index (χ2v) is 5.95. The molecule has 1 aliphatic heterocycles. The number of nitrogens with zero attached hydrogens (tertiary/aromatic N) is 1. The zero-order valence-corrected chi connectivity index (χ0v) is 14.9. The molecule has 1 heterocycles. The number of benzene rings is 2. The van der Waals surface area contributed by atoms with Gasteiger partial charge in [-0.3, -0.25) is 4.79 Å². The van der Waals surface area contributed by atoms with Crippen LogP contribution >= 0.6 is 0 Å². The van der Waals surface area contributed by atoms with E-state index in [1.54, 1.807) is 14.2 Å². The van der Waals surface area contributed by atoms with Gasteiger partial charge in [0.05, 0.1) is 20.8 Å². The largest absolute Gasteiger partial charge is 0.493 e. The summed E-state index contributed by atoms with van der Waals surface area (Å²) in [5.41, 5.74) is 4.03. The quantitative estimate of drug-likeness (QED) is 0.833.